The summed E-state index contributed by atoms with van der Waals surface area (Å²) in [5.41, 5.74) is 1.60. The molecule has 2 atom stereocenters. The minimum Gasteiger partial charge on any atom is -0.353 e. The monoisotopic (exact) mass is 386 g/mol. The molecule has 0 radical (unpaired) electrons. The second kappa shape index (κ2) is 7.46. The molecule has 3 aromatic rings. The van der Waals surface area contributed by atoms with Gasteiger partial charge in [-0.2, -0.15) is 5.10 Å². The van der Waals surface area contributed by atoms with E-state index in [9.17, 15) is 9.59 Å². The first-order valence-corrected chi connectivity index (χ1v) is 10.7. The third-order valence-electron chi connectivity index (χ3n) is 5.70. The van der Waals surface area contributed by atoms with Gasteiger partial charge in [0.25, 0.3) is 5.56 Å². The number of aromatic nitrogens is 3. The number of rotatable bonds is 5. The number of thiophene rings is 1. The topological polar surface area (TPSA) is 68.4 Å². The molecular formula is C20H26N4O2S. The highest BCUT2D eigenvalue weighted by molar-refractivity contribution is 7.17. The van der Waals surface area contributed by atoms with Crippen LogP contribution in [0.15, 0.2) is 22.3 Å². The van der Waals surface area contributed by atoms with E-state index in [2.05, 4.69) is 17.3 Å². The molecule has 7 heteroatoms. The van der Waals surface area contributed by atoms with Crippen LogP contribution in [0, 0.1) is 12.8 Å². The van der Waals surface area contributed by atoms with Gasteiger partial charge in [-0.25, -0.2) is 4.68 Å². The number of aryl methyl sites for hydroxylation is 2. The molecule has 0 spiro atoms. The standard InChI is InChI=1S/C20H26N4O2S/c1-13-6-3-4-7-15(13)21-19(25)8-5-10-23-20(26)17-12-18-16(9-11-27-18)24(17)14(2)22-23/h9,11-13,15H,3-8,10H2,1-2H3,(H,21,25)/t13-,15+/m1/s1. The summed E-state index contributed by atoms with van der Waals surface area (Å²) in [6, 6.07) is 4.26. The van der Waals surface area contributed by atoms with Gasteiger partial charge in [-0.3, -0.25) is 14.0 Å². The van der Waals surface area contributed by atoms with E-state index < -0.39 is 0 Å². The highest BCUT2D eigenvalue weighted by atomic mass is 32.1. The van der Waals surface area contributed by atoms with Gasteiger partial charge >= 0.3 is 0 Å². The second-order valence-electron chi connectivity index (χ2n) is 7.65. The van der Waals surface area contributed by atoms with Crippen LogP contribution in [0.2, 0.25) is 0 Å². The molecular weight excluding hydrogens is 360 g/mol. The van der Waals surface area contributed by atoms with E-state index in [1.807, 2.05) is 28.8 Å². The fourth-order valence-electron chi connectivity index (χ4n) is 4.18. The number of hydrogen-bond acceptors (Lipinski definition) is 4. The first-order valence-electron chi connectivity index (χ1n) is 9.80. The van der Waals surface area contributed by atoms with Crippen LogP contribution >= 0.6 is 11.3 Å². The van der Waals surface area contributed by atoms with Crippen molar-refractivity contribution in [2.24, 2.45) is 5.92 Å². The maximum Gasteiger partial charge on any atom is 0.291 e. The fourth-order valence-corrected chi connectivity index (χ4v) is 4.98. The molecule has 0 saturated heterocycles. The predicted molar refractivity (Wildman–Crippen MR) is 108 cm³/mol. The Labute approximate surface area is 162 Å². The zero-order valence-electron chi connectivity index (χ0n) is 15.9. The Morgan fingerprint density at radius 3 is 2.96 bits per heavy atom. The predicted octanol–water partition coefficient (Wildman–Crippen LogP) is 3.49. The molecule has 0 aromatic carbocycles. The molecule has 0 bridgehead atoms. The van der Waals surface area contributed by atoms with Gasteiger partial charge in [-0.05, 0) is 49.6 Å². The average molecular weight is 387 g/mol. The Kier molecular flexibility index (Phi) is 5.04. The number of nitrogens with one attached hydrogen (secondary N) is 1. The number of nitrogens with zero attached hydrogens (tertiary/aromatic N) is 3. The number of fused-ring (bicyclic) bond motifs is 3. The highest BCUT2D eigenvalue weighted by Gasteiger charge is 2.22. The lowest BCUT2D eigenvalue weighted by Crippen LogP contribution is -2.41. The highest BCUT2D eigenvalue weighted by Crippen LogP contribution is 2.25. The molecule has 27 heavy (non-hydrogen) atoms. The lowest BCUT2D eigenvalue weighted by Gasteiger charge is -2.29. The van der Waals surface area contributed by atoms with Crippen LogP contribution in [0.4, 0.5) is 0 Å². The summed E-state index contributed by atoms with van der Waals surface area (Å²) in [6.07, 6.45) is 5.78. The summed E-state index contributed by atoms with van der Waals surface area (Å²) < 4.78 is 4.52. The Bertz CT molecular complexity index is 1030. The van der Waals surface area contributed by atoms with E-state index in [4.69, 9.17) is 0 Å². The molecule has 1 fully saturated rings. The molecule has 3 aromatic heterocycles. The first kappa shape index (κ1) is 18.2. The van der Waals surface area contributed by atoms with Crippen molar-refractivity contribution in [2.75, 3.05) is 0 Å². The van der Waals surface area contributed by atoms with Gasteiger partial charge < -0.3 is 5.32 Å². The molecule has 1 aliphatic carbocycles. The van der Waals surface area contributed by atoms with Crippen molar-refractivity contribution in [1.82, 2.24) is 19.5 Å². The molecule has 144 valence electrons. The van der Waals surface area contributed by atoms with Crippen LogP contribution in [0.3, 0.4) is 0 Å². The molecule has 1 saturated carbocycles. The lowest BCUT2D eigenvalue weighted by atomic mass is 9.86. The van der Waals surface area contributed by atoms with E-state index >= 15 is 0 Å². The van der Waals surface area contributed by atoms with Gasteiger partial charge in [0.1, 0.15) is 11.3 Å². The average Bonchev–Trinajstić information content (AvgIpc) is 3.22. The molecule has 3 heterocycles. The van der Waals surface area contributed by atoms with E-state index in [0.29, 0.717) is 36.9 Å². The summed E-state index contributed by atoms with van der Waals surface area (Å²) in [7, 11) is 0. The van der Waals surface area contributed by atoms with Crippen molar-refractivity contribution >= 4 is 33.0 Å². The summed E-state index contributed by atoms with van der Waals surface area (Å²) >= 11 is 1.62. The zero-order valence-corrected chi connectivity index (χ0v) is 16.7. The van der Waals surface area contributed by atoms with Gasteiger partial charge in [-0.1, -0.05) is 19.8 Å². The van der Waals surface area contributed by atoms with E-state index in [1.165, 1.54) is 23.9 Å². The van der Waals surface area contributed by atoms with Gasteiger partial charge in [-0.15, -0.1) is 11.3 Å². The van der Waals surface area contributed by atoms with Crippen LogP contribution in [-0.4, -0.2) is 26.1 Å². The Hall–Kier alpha value is -2.15. The first-order chi connectivity index (χ1) is 13.0. The van der Waals surface area contributed by atoms with Crippen LogP contribution in [-0.2, 0) is 11.3 Å². The van der Waals surface area contributed by atoms with E-state index in [0.717, 1.165) is 22.5 Å². The lowest BCUT2D eigenvalue weighted by molar-refractivity contribution is -0.122. The van der Waals surface area contributed by atoms with Crippen molar-refractivity contribution in [1.29, 1.82) is 0 Å². The summed E-state index contributed by atoms with van der Waals surface area (Å²) in [4.78, 5) is 25.0. The van der Waals surface area contributed by atoms with Crippen molar-refractivity contribution in [3.63, 3.8) is 0 Å². The van der Waals surface area contributed by atoms with Gasteiger partial charge in [0.2, 0.25) is 5.91 Å². The number of carbonyl (C=O) groups excluding carboxylic acids is 1. The van der Waals surface area contributed by atoms with Crippen molar-refractivity contribution in [2.45, 2.75) is 65.0 Å². The normalized spacial score (nSPS) is 20.4. The third kappa shape index (κ3) is 3.52. The number of hydrogen-bond donors (Lipinski definition) is 1. The summed E-state index contributed by atoms with van der Waals surface area (Å²) in [5.74, 6) is 1.43. The molecule has 0 aliphatic heterocycles. The molecule has 1 N–H and O–H groups in total. The Balaban J connectivity index is 1.42. The quantitative estimate of drug-likeness (QED) is 0.730. The molecule has 6 nitrogen and oxygen atoms in total. The minimum atomic E-state index is -0.0923. The third-order valence-corrected chi connectivity index (χ3v) is 6.55. The maximum atomic E-state index is 12.8. The van der Waals surface area contributed by atoms with Gasteiger partial charge in [0.15, 0.2) is 0 Å². The van der Waals surface area contributed by atoms with Crippen LogP contribution in [0.1, 0.15) is 51.3 Å². The van der Waals surface area contributed by atoms with Gasteiger partial charge in [0.05, 0.1) is 10.2 Å². The Morgan fingerprint density at radius 1 is 1.33 bits per heavy atom. The Morgan fingerprint density at radius 2 is 2.15 bits per heavy atom. The maximum absolute atomic E-state index is 12.8. The van der Waals surface area contributed by atoms with Crippen molar-refractivity contribution in [3.05, 3.63) is 33.7 Å². The molecule has 0 unspecified atom stereocenters. The van der Waals surface area contributed by atoms with E-state index in [-0.39, 0.29) is 11.5 Å². The number of amides is 1. The summed E-state index contributed by atoms with van der Waals surface area (Å²) in [5, 5.41) is 9.66. The van der Waals surface area contributed by atoms with Crippen molar-refractivity contribution in [3.8, 4) is 0 Å². The minimum absolute atomic E-state index is 0.0859. The SMILES string of the molecule is Cc1nn(CCCC(=O)N[C@H]2CCCC[C@H]2C)c(=O)c2cc3sccc3n12. The van der Waals surface area contributed by atoms with Crippen LogP contribution < -0.4 is 10.9 Å². The van der Waals surface area contributed by atoms with Crippen molar-refractivity contribution < 1.29 is 4.79 Å². The fraction of sp³-hybridized carbons (Fsp3) is 0.550. The smallest absolute Gasteiger partial charge is 0.291 e. The van der Waals surface area contributed by atoms with E-state index in [1.54, 1.807) is 11.3 Å². The zero-order chi connectivity index (χ0) is 19.0. The molecule has 1 amide bonds. The van der Waals surface area contributed by atoms with Gasteiger partial charge in [0, 0.05) is 19.0 Å². The molecule has 1 aliphatic rings. The summed E-state index contributed by atoms with van der Waals surface area (Å²) in [6.45, 7) is 4.59. The molecule has 4 rings (SSSR count). The van der Waals surface area contributed by atoms with Crippen LogP contribution in [0.5, 0.6) is 0 Å². The largest absolute Gasteiger partial charge is 0.353 e. The van der Waals surface area contributed by atoms with Crippen LogP contribution in [0.25, 0.3) is 15.7 Å². The number of carbonyl (C=O) groups is 1. The second-order valence-corrected chi connectivity index (χ2v) is 8.60.